The molecule has 12 heteroatoms. The largest absolute Gasteiger partial charge is 0.726 e. The first-order chi connectivity index (χ1) is 34.0. The van der Waals surface area contributed by atoms with Crippen molar-refractivity contribution in [2.45, 2.75) is 342 Å². The van der Waals surface area contributed by atoms with E-state index < -0.39 is 33.3 Å². The number of carbonyl (C=O) groups is 3. The van der Waals surface area contributed by atoms with Gasteiger partial charge in [0.25, 0.3) is 0 Å². The minimum atomic E-state index is -4.41. The smallest absolute Gasteiger partial charge is 0.378 e. The van der Waals surface area contributed by atoms with Crippen LogP contribution in [0.3, 0.4) is 0 Å². The summed E-state index contributed by atoms with van der Waals surface area (Å²) >= 11 is 0. The molecule has 0 aliphatic heterocycles. The first-order valence-electron chi connectivity index (χ1n) is 30.1. The number of rotatable bonds is 54. The Bertz CT molecular complexity index is 1120. The summed E-state index contributed by atoms with van der Waals surface area (Å²) in [5.74, 6) is -1.45. The Morgan fingerprint density at radius 3 is 0.614 bits per heavy atom. The van der Waals surface area contributed by atoms with Crippen LogP contribution in [-0.4, -0.2) is 49.5 Å². The highest BCUT2D eigenvalue weighted by atomic mass is 32.3. The molecule has 70 heavy (non-hydrogen) atoms. The molecule has 0 aromatic rings. The molecule has 0 aromatic carbocycles. The molecule has 0 unspecified atom stereocenters. The summed E-state index contributed by atoms with van der Waals surface area (Å²) < 4.78 is 31.0. The minimum Gasteiger partial charge on any atom is -0.726 e. The van der Waals surface area contributed by atoms with E-state index in [1.165, 1.54) is 231 Å². The van der Waals surface area contributed by atoms with Crippen molar-refractivity contribution in [3.8, 4) is 0 Å². The molecule has 0 bridgehead atoms. The average molecular weight is 1020 g/mol. The number of hydrogen-bond donors (Lipinski definition) is 0. The van der Waals surface area contributed by atoms with E-state index in [0.717, 1.165) is 45.6 Å². The van der Waals surface area contributed by atoms with Crippen molar-refractivity contribution in [1.82, 2.24) is 0 Å². The highest BCUT2D eigenvalue weighted by molar-refractivity contribution is 7.80. The summed E-state index contributed by atoms with van der Waals surface area (Å²) in [6.07, 6.45) is 57.6. The quantitative estimate of drug-likeness (QED) is 0.0190. The van der Waals surface area contributed by atoms with Gasteiger partial charge in [0.2, 0.25) is 21.9 Å². The molecule has 0 saturated heterocycles. The topological polar surface area (TPSA) is 145 Å². The molecule has 0 rings (SSSR count). The number of hydroxylamine groups is 3. The molecule has 0 aliphatic carbocycles. The summed E-state index contributed by atoms with van der Waals surface area (Å²) in [5.41, 5.74) is 0. The van der Waals surface area contributed by atoms with Crippen LogP contribution in [0.15, 0.2) is 0 Å². The van der Waals surface area contributed by atoms with Crippen LogP contribution in [0, 0.1) is 0 Å². The monoisotopic (exact) mass is 1020 g/mol. The van der Waals surface area contributed by atoms with Crippen LogP contribution in [0.1, 0.15) is 342 Å². The highest BCUT2D eigenvalue weighted by Gasteiger charge is 2.44. The van der Waals surface area contributed by atoms with Crippen LogP contribution >= 0.6 is 0 Å². The predicted octanol–water partition coefficient (Wildman–Crippen LogP) is 18.5. The Labute approximate surface area is 433 Å². The van der Waals surface area contributed by atoms with Crippen LogP contribution in [-0.2, 0) is 43.5 Å². The lowest BCUT2D eigenvalue weighted by Gasteiger charge is -2.26. The van der Waals surface area contributed by atoms with Gasteiger partial charge >= 0.3 is 17.9 Å². The van der Waals surface area contributed by atoms with Gasteiger partial charge in [-0.25, -0.2) is 22.8 Å². The SMILES string of the molecule is CCCCCCCCCCCCCCCCCC(=O)O[N+](CCC)(OC(=O)CCCCCCCCCCCCCCCCC)OC(=O)CCCCCCCCCCCCCCCCC.COS(=O)(=O)[O-]. The average Bonchev–Trinajstić information content (AvgIpc) is 3.32. The van der Waals surface area contributed by atoms with Gasteiger partial charge in [-0.15, -0.1) is 0 Å². The molecule has 418 valence electrons. The fraction of sp³-hybridized carbons (Fsp3) is 0.948. The van der Waals surface area contributed by atoms with Crippen LogP contribution in [0.4, 0.5) is 0 Å². The van der Waals surface area contributed by atoms with Gasteiger partial charge in [-0.3, -0.25) is 4.18 Å². The Hall–Kier alpha value is -1.76. The van der Waals surface area contributed by atoms with Gasteiger partial charge in [-0.1, -0.05) is 297 Å². The summed E-state index contributed by atoms with van der Waals surface area (Å²) in [4.78, 5) is 56.0. The number of hydrogen-bond acceptors (Lipinski definition) is 10. The zero-order chi connectivity index (χ0) is 51.9. The van der Waals surface area contributed by atoms with Gasteiger partial charge in [0.05, 0.1) is 26.4 Å². The molecule has 0 heterocycles. The van der Waals surface area contributed by atoms with Gasteiger partial charge in [-0.05, 0) is 19.3 Å². The van der Waals surface area contributed by atoms with Crippen LogP contribution in [0.2, 0.25) is 0 Å². The van der Waals surface area contributed by atoms with Crippen LogP contribution in [0.25, 0.3) is 0 Å². The first kappa shape index (κ1) is 70.3. The Morgan fingerprint density at radius 2 is 0.471 bits per heavy atom. The van der Waals surface area contributed by atoms with Crippen molar-refractivity contribution in [2.75, 3.05) is 13.7 Å². The molecule has 0 N–H and O–H groups in total. The zero-order valence-corrected chi connectivity index (χ0v) is 47.6. The van der Waals surface area contributed by atoms with Crippen molar-refractivity contribution >= 4 is 28.3 Å². The number of unbranched alkanes of at least 4 members (excludes halogenated alkanes) is 42. The van der Waals surface area contributed by atoms with Crippen molar-refractivity contribution < 1.29 is 51.0 Å². The van der Waals surface area contributed by atoms with E-state index in [0.29, 0.717) is 25.7 Å². The first-order valence-corrected chi connectivity index (χ1v) is 31.4. The van der Waals surface area contributed by atoms with E-state index >= 15 is 0 Å². The second-order valence-corrected chi connectivity index (χ2v) is 21.5. The fourth-order valence-electron chi connectivity index (χ4n) is 8.99. The van der Waals surface area contributed by atoms with Crippen molar-refractivity contribution in [2.24, 2.45) is 0 Å². The van der Waals surface area contributed by atoms with Crippen molar-refractivity contribution in [1.29, 1.82) is 0 Å². The molecular formula is C58H115NO10S. The number of quaternary nitrogens is 1. The van der Waals surface area contributed by atoms with E-state index in [2.05, 4.69) is 25.0 Å². The maximum atomic E-state index is 13.2. The second-order valence-electron chi connectivity index (χ2n) is 20.4. The number of carbonyl (C=O) groups excluding carboxylic acids is 3. The fourth-order valence-corrected chi connectivity index (χ4v) is 8.99. The van der Waals surface area contributed by atoms with E-state index in [4.69, 9.17) is 14.5 Å². The molecule has 0 radical (unpaired) electrons. The van der Waals surface area contributed by atoms with E-state index in [1.54, 1.807) is 0 Å². The Balaban J connectivity index is 0. The van der Waals surface area contributed by atoms with Gasteiger partial charge in [-0.2, -0.15) is 14.5 Å². The summed E-state index contributed by atoms with van der Waals surface area (Å²) in [5, 5.41) is 0. The van der Waals surface area contributed by atoms with Crippen LogP contribution in [0.5, 0.6) is 0 Å². The number of nitrogens with zero attached hydrogens (tertiary/aromatic N) is 1. The second kappa shape index (κ2) is 55.0. The maximum absolute atomic E-state index is 13.2. The molecule has 0 aromatic heterocycles. The van der Waals surface area contributed by atoms with Crippen molar-refractivity contribution in [3.63, 3.8) is 0 Å². The molecule has 0 fully saturated rings. The third-order valence-corrected chi connectivity index (χ3v) is 13.8. The van der Waals surface area contributed by atoms with E-state index in [9.17, 15) is 27.4 Å². The highest BCUT2D eigenvalue weighted by Crippen LogP contribution is 2.22. The maximum Gasteiger partial charge on any atom is 0.378 e. The molecule has 0 amide bonds. The van der Waals surface area contributed by atoms with Crippen molar-refractivity contribution in [3.05, 3.63) is 0 Å². The standard InChI is InChI=1S/C57H112NO6.CH4O4S/c1-5-9-12-15-18-21-24-27-30-33-36-39-42-45-48-51-55(59)62-58(54-8-4,63-56(60)52-49-46-43-40-37-34-31-28-25-22-19-16-13-10-6-2)64-57(61)53-50-47-44-41-38-35-32-29-26-23-20-17-14-11-7-3;1-5-6(2,3)4/h5-54H2,1-4H3;1H3,(H,2,3,4)/q+1;/p-1. The lowest BCUT2D eigenvalue weighted by molar-refractivity contribution is -1.34. The molecule has 0 atom stereocenters. The van der Waals surface area contributed by atoms with E-state index in [-0.39, 0.29) is 25.8 Å². The minimum absolute atomic E-state index is 0.0831. The zero-order valence-electron chi connectivity index (χ0n) is 46.8. The predicted molar refractivity (Wildman–Crippen MR) is 289 cm³/mol. The molecule has 11 nitrogen and oxygen atoms in total. The lowest BCUT2D eigenvalue weighted by Crippen LogP contribution is -2.52. The Morgan fingerprint density at radius 1 is 0.314 bits per heavy atom. The molecule has 0 spiro atoms. The summed E-state index contributed by atoms with van der Waals surface area (Å²) in [6.45, 7) is 8.82. The van der Waals surface area contributed by atoms with Gasteiger partial charge < -0.3 is 4.55 Å². The third-order valence-electron chi connectivity index (χ3n) is 13.4. The summed E-state index contributed by atoms with van der Waals surface area (Å²) in [7, 11) is -3.60. The van der Waals surface area contributed by atoms with Crippen LogP contribution < -0.4 is 0 Å². The van der Waals surface area contributed by atoms with E-state index in [1.807, 2.05) is 6.92 Å². The Kier molecular flexibility index (Phi) is 55.2. The van der Waals surface area contributed by atoms with Gasteiger partial charge in [0.15, 0.2) is 0 Å². The lowest BCUT2D eigenvalue weighted by atomic mass is 10.0. The summed E-state index contributed by atoms with van der Waals surface area (Å²) in [6, 6.07) is 0. The molecule has 0 aliphatic rings. The normalized spacial score (nSPS) is 11.6. The molecule has 0 saturated carbocycles. The molecular weight excluding hydrogens is 903 g/mol. The van der Waals surface area contributed by atoms with Gasteiger partial charge in [0.1, 0.15) is 0 Å². The third kappa shape index (κ3) is 55.6. The van der Waals surface area contributed by atoms with Gasteiger partial charge in [0, 0.05) is 6.42 Å².